The molecule has 76 heavy (non-hydrogen) atoms. The molecule has 0 amide bonds. The predicted octanol–water partition coefficient (Wildman–Crippen LogP) is 17.3. The van der Waals surface area contributed by atoms with E-state index >= 15 is 0 Å². The van der Waals surface area contributed by atoms with Crippen molar-refractivity contribution in [2.24, 2.45) is 0 Å². The van der Waals surface area contributed by atoms with Gasteiger partial charge in [0.25, 0.3) is 0 Å². The first kappa shape index (κ1) is 41.3. The van der Waals surface area contributed by atoms with Gasteiger partial charge in [-0.05, 0) is 105 Å². The van der Waals surface area contributed by atoms with Crippen LogP contribution in [0.25, 0.3) is 133 Å². The van der Waals surface area contributed by atoms with Gasteiger partial charge in [-0.2, -0.15) is 9.97 Å². The van der Waals surface area contributed by atoms with Gasteiger partial charge in [-0.15, -0.1) is 0 Å². The number of hydrogen-bond acceptors (Lipinski definition) is 4. The van der Waals surface area contributed by atoms with Crippen molar-refractivity contribution in [2.45, 2.75) is 5.41 Å². The van der Waals surface area contributed by atoms with Gasteiger partial charge in [0.15, 0.2) is 11.6 Å². The molecule has 11 aromatic carbocycles. The number of rotatable bonds is 5. The topological polar surface area (TPSA) is 61.7 Å². The van der Waals surface area contributed by atoms with Crippen molar-refractivity contribution in [1.82, 2.24) is 24.1 Å². The number of nitrogens with zero attached hydrogens (tertiary/aromatic N) is 5. The molecule has 0 bridgehead atoms. The average Bonchev–Trinajstić information content (AvgIpc) is 4.30. The van der Waals surface area contributed by atoms with Gasteiger partial charge in [0, 0.05) is 54.7 Å². The lowest BCUT2D eigenvalue weighted by Gasteiger charge is -2.30. The van der Waals surface area contributed by atoms with Crippen LogP contribution in [-0.2, 0) is 5.41 Å². The minimum Gasteiger partial charge on any atom is -0.456 e. The summed E-state index contributed by atoms with van der Waals surface area (Å²) in [4.78, 5) is 16.3. The summed E-state index contributed by atoms with van der Waals surface area (Å²) in [5.41, 5.74) is 20.9. The zero-order valence-corrected chi connectivity index (χ0v) is 40.8. The Morgan fingerprint density at radius 3 is 1.63 bits per heavy atom. The number of fused-ring (bicyclic) bond motifs is 20. The quantitative estimate of drug-likeness (QED) is 0.172. The first-order valence-corrected chi connectivity index (χ1v) is 25.9. The van der Waals surface area contributed by atoms with Crippen molar-refractivity contribution >= 4 is 65.6 Å². The molecule has 0 fully saturated rings. The fourth-order valence-electron chi connectivity index (χ4n) is 13.3. The van der Waals surface area contributed by atoms with Crippen LogP contribution in [0.1, 0.15) is 22.3 Å². The molecule has 4 aromatic heterocycles. The van der Waals surface area contributed by atoms with E-state index in [9.17, 15) is 0 Å². The Bertz CT molecular complexity index is 4920. The fourth-order valence-corrected chi connectivity index (χ4v) is 13.3. The number of aromatic nitrogens is 5. The predicted molar refractivity (Wildman–Crippen MR) is 308 cm³/mol. The molecule has 4 heterocycles. The summed E-state index contributed by atoms with van der Waals surface area (Å²) in [7, 11) is 0. The Balaban J connectivity index is 0.910. The minimum atomic E-state index is -0.477. The second-order valence-electron chi connectivity index (χ2n) is 20.2. The number of furan rings is 1. The van der Waals surface area contributed by atoms with Crippen molar-refractivity contribution in [3.63, 3.8) is 0 Å². The van der Waals surface area contributed by atoms with Crippen LogP contribution in [0.2, 0.25) is 0 Å². The highest BCUT2D eigenvalue weighted by Gasteiger charge is 2.52. The van der Waals surface area contributed by atoms with Gasteiger partial charge in [0.2, 0.25) is 5.95 Å². The Kier molecular flexibility index (Phi) is 8.39. The van der Waals surface area contributed by atoms with E-state index in [2.05, 4.69) is 240 Å². The van der Waals surface area contributed by atoms with Crippen molar-refractivity contribution in [3.8, 4) is 67.8 Å². The third kappa shape index (κ3) is 5.56. The van der Waals surface area contributed by atoms with Gasteiger partial charge in [-0.3, -0.25) is 4.57 Å². The van der Waals surface area contributed by atoms with Gasteiger partial charge in [0.1, 0.15) is 11.2 Å². The van der Waals surface area contributed by atoms with E-state index in [-0.39, 0.29) is 0 Å². The lowest BCUT2D eigenvalue weighted by molar-refractivity contribution is 0.669. The molecule has 0 saturated carbocycles. The normalized spacial score (nSPS) is 13.1. The van der Waals surface area contributed by atoms with Crippen LogP contribution in [-0.4, -0.2) is 24.1 Å². The zero-order valence-electron chi connectivity index (χ0n) is 40.8. The number of benzene rings is 11. The molecule has 0 atom stereocenters. The van der Waals surface area contributed by atoms with E-state index in [1.807, 2.05) is 18.2 Å². The summed E-state index contributed by atoms with van der Waals surface area (Å²) in [5.74, 6) is 1.64. The molecule has 2 aliphatic carbocycles. The summed E-state index contributed by atoms with van der Waals surface area (Å²) in [6, 6.07) is 89.7. The molecule has 0 N–H and O–H groups in total. The van der Waals surface area contributed by atoms with Crippen LogP contribution >= 0.6 is 0 Å². The molecule has 0 unspecified atom stereocenters. The molecule has 0 radical (unpaired) electrons. The number of para-hydroxylation sites is 3. The maximum Gasteiger partial charge on any atom is 0.238 e. The highest BCUT2D eigenvalue weighted by atomic mass is 16.3. The molecule has 352 valence electrons. The standard InChI is InChI=1S/C70H41N5O/c1-2-17-42(18-3-1)43-34-38-62-55(40-43)50-24-8-14-31-61(50)75(62)69-72-67(71-68(73-69)45-33-35-52-51-25-9-15-32-63(51)76-64(52)41-45)44-19-16-20-46(39-44)74-60-30-13-7-23-49(60)53-36-37-59-65(66(53)74)54-26-6-12-29-58(54)70(59)56-27-10-4-21-47(56)48-22-5-11-28-57(48)70/h1-41H. The minimum absolute atomic E-state index is 0.477. The highest BCUT2D eigenvalue weighted by Crippen LogP contribution is 2.64. The van der Waals surface area contributed by atoms with E-state index in [4.69, 9.17) is 19.4 Å². The zero-order chi connectivity index (χ0) is 49.6. The Morgan fingerprint density at radius 1 is 0.316 bits per heavy atom. The van der Waals surface area contributed by atoms with E-state index in [1.54, 1.807) is 0 Å². The summed E-state index contributed by atoms with van der Waals surface area (Å²) >= 11 is 0. The van der Waals surface area contributed by atoms with E-state index in [0.717, 1.165) is 77.2 Å². The Hall–Kier alpha value is -10.2. The largest absolute Gasteiger partial charge is 0.456 e. The molecule has 6 nitrogen and oxygen atoms in total. The Morgan fingerprint density at radius 2 is 0.868 bits per heavy atom. The molecule has 17 rings (SSSR count). The first-order valence-electron chi connectivity index (χ1n) is 25.9. The summed E-state index contributed by atoms with van der Waals surface area (Å²) in [5, 5.41) is 6.77. The van der Waals surface area contributed by atoms with Gasteiger partial charge >= 0.3 is 0 Å². The van der Waals surface area contributed by atoms with Crippen molar-refractivity contribution in [3.05, 3.63) is 271 Å². The smallest absolute Gasteiger partial charge is 0.238 e. The van der Waals surface area contributed by atoms with Gasteiger partial charge in [-0.25, -0.2) is 4.98 Å². The SMILES string of the molecule is c1ccc(-c2ccc3c(c2)c2ccccc2n3-c2nc(-c3cccc(-n4c5ccccc5c5ccc6c(c54)-c4ccccc4C64c5ccccc5-c5ccccc54)c3)nc(-c3ccc4c(c3)oc3ccccc34)n2)cc1. The van der Waals surface area contributed by atoms with Gasteiger partial charge in [-0.1, -0.05) is 194 Å². The molecular formula is C70H41N5O. The van der Waals surface area contributed by atoms with Crippen LogP contribution in [0.4, 0.5) is 0 Å². The Labute approximate surface area is 436 Å². The van der Waals surface area contributed by atoms with Crippen LogP contribution in [0.15, 0.2) is 253 Å². The summed E-state index contributed by atoms with van der Waals surface area (Å²) < 4.78 is 11.1. The third-order valence-corrected chi connectivity index (χ3v) is 16.4. The molecule has 15 aromatic rings. The summed E-state index contributed by atoms with van der Waals surface area (Å²) in [6.45, 7) is 0. The van der Waals surface area contributed by atoms with E-state index in [1.165, 1.54) is 60.8 Å². The first-order chi connectivity index (χ1) is 37.7. The third-order valence-electron chi connectivity index (χ3n) is 16.4. The molecular weight excluding hydrogens is 927 g/mol. The van der Waals surface area contributed by atoms with Crippen molar-refractivity contribution < 1.29 is 4.42 Å². The molecule has 2 aliphatic rings. The second kappa shape index (κ2) is 15.4. The van der Waals surface area contributed by atoms with Crippen LogP contribution in [0.3, 0.4) is 0 Å². The molecule has 0 aliphatic heterocycles. The van der Waals surface area contributed by atoms with E-state index < -0.39 is 5.41 Å². The van der Waals surface area contributed by atoms with Gasteiger partial charge < -0.3 is 8.98 Å². The van der Waals surface area contributed by atoms with Crippen molar-refractivity contribution in [1.29, 1.82) is 0 Å². The average molecular weight is 968 g/mol. The van der Waals surface area contributed by atoms with Gasteiger partial charge in [0.05, 0.1) is 27.5 Å². The molecule has 0 saturated heterocycles. The lowest BCUT2D eigenvalue weighted by Crippen LogP contribution is -2.25. The number of hydrogen-bond donors (Lipinski definition) is 0. The van der Waals surface area contributed by atoms with Crippen LogP contribution < -0.4 is 0 Å². The maximum atomic E-state index is 6.46. The molecule has 1 spiro atoms. The lowest BCUT2D eigenvalue weighted by atomic mass is 9.70. The van der Waals surface area contributed by atoms with Crippen LogP contribution in [0, 0.1) is 0 Å². The summed E-state index contributed by atoms with van der Waals surface area (Å²) in [6.07, 6.45) is 0. The second-order valence-corrected chi connectivity index (χ2v) is 20.2. The maximum absolute atomic E-state index is 6.46. The highest BCUT2D eigenvalue weighted by molar-refractivity contribution is 6.17. The fraction of sp³-hybridized carbons (Fsp3) is 0.0143. The van der Waals surface area contributed by atoms with Crippen molar-refractivity contribution in [2.75, 3.05) is 0 Å². The van der Waals surface area contributed by atoms with E-state index in [0.29, 0.717) is 17.6 Å². The molecule has 6 heteroatoms. The monoisotopic (exact) mass is 967 g/mol. The van der Waals surface area contributed by atoms with Crippen LogP contribution in [0.5, 0.6) is 0 Å².